The van der Waals surface area contributed by atoms with E-state index in [2.05, 4.69) is 21.2 Å². The highest BCUT2D eigenvalue weighted by molar-refractivity contribution is 9.10. The first-order chi connectivity index (χ1) is 10.5. The normalized spacial score (nSPS) is 19.7. The molecule has 1 aliphatic heterocycles. The number of amides is 1. The monoisotopic (exact) mass is 369 g/mol. The Labute approximate surface area is 140 Å². The van der Waals surface area contributed by atoms with E-state index in [0.29, 0.717) is 6.61 Å². The lowest BCUT2D eigenvalue weighted by Gasteiger charge is -2.24. The van der Waals surface area contributed by atoms with Crippen LogP contribution in [0.1, 0.15) is 37.3 Å². The minimum Gasteiger partial charge on any atom is -0.376 e. The van der Waals surface area contributed by atoms with Crippen LogP contribution < -0.4 is 5.32 Å². The van der Waals surface area contributed by atoms with Crippen molar-refractivity contribution in [3.05, 3.63) is 27.7 Å². The van der Waals surface area contributed by atoms with Crippen LogP contribution in [0.2, 0.25) is 0 Å². The third-order valence-electron chi connectivity index (χ3n) is 3.92. The molecule has 122 valence electrons. The second kappa shape index (κ2) is 8.09. The number of hydrogen-bond donors (Lipinski definition) is 1. The highest BCUT2D eigenvalue weighted by Crippen LogP contribution is 2.25. The maximum Gasteiger partial charge on any atom is 0.253 e. The van der Waals surface area contributed by atoms with Crippen LogP contribution in [0, 0.1) is 13.8 Å². The molecule has 0 bridgehead atoms. The van der Waals surface area contributed by atoms with Crippen molar-refractivity contribution < 1.29 is 14.3 Å². The largest absolute Gasteiger partial charge is 0.376 e. The second-order valence-corrected chi connectivity index (χ2v) is 6.78. The summed E-state index contributed by atoms with van der Waals surface area (Å²) in [6, 6.07) is 3.98. The molecule has 2 unspecified atom stereocenters. The van der Waals surface area contributed by atoms with Crippen molar-refractivity contribution in [2.24, 2.45) is 0 Å². The van der Waals surface area contributed by atoms with Crippen molar-refractivity contribution in [1.29, 1.82) is 0 Å². The molecule has 0 spiro atoms. The van der Waals surface area contributed by atoms with Crippen molar-refractivity contribution in [2.45, 2.75) is 52.2 Å². The summed E-state index contributed by atoms with van der Waals surface area (Å²) in [7, 11) is 0. The van der Waals surface area contributed by atoms with E-state index in [1.165, 1.54) is 6.42 Å². The molecule has 1 aliphatic rings. The van der Waals surface area contributed by atoms with Crippen LogP contribution in [0.5, 0.6) is 0 Å². The van der Waals surface area contributed by atoms with Crippen LogP contribution in [0.4, 0.5) is 5.69 Å². The summed E-state index contributed by atoms with van der Waals surface area (Å²) in [4.78, 5) is 12.3. The van der Waals surface area contributed by atoms with Gasteiger partial charge in [-0.15, -0.1) is 0 Å². The molecule has 1 heterocycles. The van der Waals surface area contributed by atoms with Gasteiger partial charge in [0, 0.05) is 16.8 Å². The second-order valence-electron chi connectivity index (χ2n) is 5.87. The number of carbonyl (C=O) groups is 1. The topological polar surface area (TPSA) is 47.6 Å². The van der Waals surface area contributed by atoms with Gasteiger partial charge in [0.25, 0.3) is 5.91 Å². The molecule has 0 radical (unpaired) electrons. The van der Waals surface area contributed by atoms with Gasteiger partial charge >= 0.3 is 0 Å². The Morgan fingerprint density at radius 3 is 2.68 bits per heavy atom. The van der Waals surface area contributed by atoms with Gasteiger partial charge < -0.3 is 14.8 Å². The van der Waals surface area contributed by atoms with Crippen LogP contribution >= 0.6 is 15.9 Å². The quantitative estimate of drug-likeness (QED) is 0.853. The molecule has 0 aliphatic carbocycles. The van der Waals surface area contributed by atoms with E-state index in [9.17, 15) is 4.79 Å². The predicted molar refractivity (Wildman–Crippen MR) is 91.3 cm³/mol. The molecule has 1 fully saturated rings. The first-order valence-electron chi connectivity index (χ1n) is 7.78. The molecular formula is C17H24BrNO3. The van der Waals surface area contributed by atoms with Gasteiger partial charge in [0.2, 0.25) is 0 Å². The number of halogens is 1. The highest BCUT2D eigenvalue weighted by atomic mass is 79.9. The molecule has 2 atom stereocenters. The molecule has 5 heteroatoms. The SMILES string of the molecule is Cc1cc(Br)cc(C)c1NC(=O)C(C)OCC1CCCCO1. The zero-order chi connectivity index (χ0) is 16.1. The third kappa shape index (κ3) is 4.80. The van der Waals surface area contributed by atoms with Crippen LogP contribution in [0.25, 0.3) is 0 Å². The van der Waals surface area contributed by atoms with Crippen molar-refractivity contribution >= 4 is 27.5 Å². The van der Waals surface area contributed by atoms with E-state index in [-0.39, 0.29) is 12.0 Å². The standard InChI is InChI=1S/C17H24BrNO3/c1-11-8-14(18)9-12(2)16(11)19-17(20)13(3)22-10-15-6-4-5-7-21-15/h8-9,13,15H,4-7,10H2,1-3H3,(H,19,20). The third-order valence-corrected chi connectivity index (χ3v) is 4.38. The molecule has 1 saturated heterocycles. The number of carbonyl (C=O) groups excluding carboxylic acids is 1. The number of hydrogen-bond acceptors (Lipinski definition) is 3. The van der Waals surface area contributed by atoms with E-state index < -0.39 is 6.10 Å². The smallest absolute Gasteiger partial charge is 0.253 e. The molecule has 0 saturated carbocycles. The molecule has 1 aromatic carbocycles. The van der Waals surface area contributed by atoms with Gasteiger partial charge in [-0.05, 0) is 63.3 Å². The van der Waals surface area contributed by atoms with E-state index in [4.69, 9.17) is 9.47 Å². The molecule has 1 N–H and O–H groups in total. The number of ether oxygens (including phenoxy) is 2. The van der Waals surface area contributed by atoms with Crippen LogP contribution in [-0.4, -0.2) is 31.3 Å². The van der Waals surface area contributed by atoms with Crippen LogP contribution in [0.15, 0.2) is 16.6 Å². The van der Waals surface area contributed by atoms with Gasteiger partial charge in [0.1, 0.15) is 6.10 Å². The van der Waals surface area contributed by atoms with Gasteiger partial charge in [-0.25, -0.2) is 0 Å². The Morgan fingerprint density at radius 2 is 2.09 bits per heavy atom. The van der Waals surface area contributed by atoms with Crippen LogP contribution in [0.3, 0.4) is 0 Å². The fraction of sp³-hybridized carbons (Fsp3) is 0.588. The molecule has 1 aromatic rings. The van der Waals surface area contributed by atoms with E-state index >= 15 is 0 Å². The lowest BCUT2D eigenvalue weighted by atomic mass is 10.1. The minimum absolute atomic E-state index is 0.121. The van der Waals surface area contributed by atoms with Crippen molar-refractivity contribution in [3.63, 3.8) is 0 Å². The van der Waals surface area contributed by atoms with E-state index in [1.807, 2.05) is 26.0 Å². The lowest BCUT2D eigenvalue weighted by Crippen LogP contribution is -2.33. The first kappa shape index (κ1) is 17.4. The fourth-order valence-corrected chi connectivity index (χ4v) is 3.29. The zero-order valence-electron chi connectivity index (χ0n) is 13.4. The van der Waals surface area contributed by atoms with E-state index in [0.717, 1.165) is 40.7 Å². The average Bonchev–Trinajstić information content (AvgIpc) is 2.49. The van der Waals surface area contributed by atoms with Crippen molar-refractivity contribution in [3.8, 4) is 0 Å². The Hall–Kier alpha value is -0.910. The number of rotatable bonds is 5. The van der Waals surface area contributed by atoms with Crippen molar-refractivity contribution in [2.75, 3.05) is 18.5 Å². The fourth-order valence-electron chi connectivity index (χ4n) is 2.60. The Kier molecular flexibility index (Phi) is 6.41. The molecule has 22 heavy (non-hydrogen) atoms. The first-order valence-corrected chi connectivity index (χ1v) is 8.57. The molecule has 2 rings (SSSR count). The predicted octanol–water partition coefficient (Wildman–Crippen LogP) is 3.98. The Balaban J connectivity index is 1.88. The summed E-state index contributed by atoms with van der Waals surface area (Å²) >= 11 is 3.46. The Morgan fingerprint density at radius 1 is 1.41 bits per heavy atom. The average molecular weight is 370 g/mol. The molecular weight excluding hydrogens is 346 g/mol. The maximum absolute atomic E-state index is 12.3. The summed E-state index contributed by atoms with van der Waals surface area (Å²) in [6.07, 6.45) is 2.94. The minimum atomic E-state index is -0.493. The Bertz CT molecular complexity index is 504. The number of benzene rings is 1. The summed E-state index contributed by atoms with van der Waals surface area (Å²) < 4.78 is 12.3. The molecule has 4 nitrogen and oxygen atoms in total. The van der Waals surface area contributed by atoms with Crippen molar-refractivity contribution in [1.82, 2.24) is 0 Å². The highest BCUT2D eigenvalue weighted by Gasteiger charge is 2.20. The maximum atomic E-state index is 12.3. The van der Waals surface area contributed by atoms with Gasteiger partial charge in [0.05, 0.1) is 12.7 Å². The van der Waals surface area contributed by atoms with Gasteiger partial charge in [-0.2, -0.15) is 0 Å². The van der Waals surface area contributed by atoms with Crippen LogP contribution in [-0.2, 0) is 14.3 Å². The molecule has 0 aromatic heterocycles. The number of nitrogens with one attached hydrogen (secondary N) is 1. The zero-order valence-corrected chi connectivity index (χ0v) is 15.0. The van der Waals surface area contributed by atoms with Gasteiger partial charge in [-0.3, -0.25) is 4.79 Å². The number of aryl methyl sites for hydroxylation is 2. The summed E-state index contributed by atoms with van der Waals surface area (Å²) in [5, 5.41) is 2.97. The summed E-state index contributed by atoms with van der Waals surface area (Å²) in [5.41, 5.74) is 2.92. The lowest BCUT2D eigenvalue weighted by molar-refractivity contribution is -0.130. The summed E-state index contributed by atoms with van der Waals surface area (Å²) in [5.74, 6) is -0.121. The van der Waals surface area contributed by atoms with Gasteiger partial charge in [0.15, 0.2) is 0 Å². The number of anilines is 1. The van der Waals surface area contributed by atoms with Gasteiger partial charge in [-0.1, -0.05) is 15.9 Å². The summed E-state index contributed by atoms with van der Waals surface area (Å²) in [6.45, 7) is 7.02. The van der Waals surface area contributed by atoms with E-state index in [1.54, 1.807) is 6.92 Å². The molecule has 1 amide bonds.